The fraction of sp³-hybridized carbons (Fsp3) is 0.348. The summed E-state index contributed by atoms with van der Waals surface area (Å²) in [7, 11) is 6.09. The second-order valence-corrected chi connectivity index (χ2v) is 8.16. The van der Waals surface area contributed by atoms with E-state index in [1.165, 1.54) is 6.07 Å². The molecule has 4 rings (SSSR count). The van der Waals surface area contributed by atoms with Crippen LogP contribution in [0.15, 0.2) is 36.8 Å². The molecule has 34 heavy (non-hydrogen) atoms. The van der Waals surface area contributed by atoms with E-state index in [9.17, 15) is 4.39 Å². The number of hydrogen-bond donors (Lipinski definition) is 1. The van der Waals surface area contributed by atoms with Crippen molar-refractivity contribution in [3.05, 3.63) is 48.2 Å². The maximum atomic E-state index is 14.0. The Morgan fingerprint density at radius 2 is 1.88 bits per heavy atom. The van der Waals surface area contributed by atoms with E-state index in [0.29, 0.717) is 35.7 Å². The largest absolute Gasteiger partial charge is 0.464 e. The first-order valence-electron chi connectivity index (χ1n) is 10.9. The minimum Gasteiger partial charge on any atom is -0.464 e. The van der Waals surface area contributed by atoms with Gasteiger partial charge < -0.3 is 24.8 Å². The number of halogens is 1. The summed E-state index contributed by atoms with van der Waals surface area (Å²) in [4.78, 5) is 26.1. The van der Waals surface area contributed by atoms with Crippen molar-refractivity contribution in [3.63, 3.8) is 0 Å². The van der Waals surface area contributed by atoms with E-state index in [1.54, 1.807) is 6.20 Å². The molecule has 0 saturated carbocycles. The van der Waals surface area contributed by atoms with Gasteiger partial charge >= 0.3 is 6.01 Å². The van der Waals surface area contributed by atoms with E-state index in [1.807, 2.05) is 51.0 Å². The zero-order chi connectivity index (χ0) is 24.2. The Labute approximate surface area is 197 Å². The molecule has 2 N–H and O–H groups in total. The summed E-state index contributed by atoms with van der Waals surface area (Å²) in [5.41, 5.74) is 8.48. The number of nitrogens with two attached hydrogens (primary N) is 1. The van der Waals surface area contributed by atoms with Crippen LogP contribution in [0, 0.1) is 5.82 Å². The Bertz CT molecular complexity index is 1270. The van der Waals surface area contributed by atoms with E-state index in [2.05, 4.69) is 34.7 Å². The van der Waals surface area contributed by atoms with Crippen molar-refractivity contribution >= 4 is 22.8 Å². The third-order valence-corrected chi connectivity index (χ3v) is 5.26. The monoisotopic (exact) mass is 465 g/mol. The number of fused-ring (bicyclic) bond motifs is 1. The number of ether oxygens (including phenoxy) is 1. The molecule has 0 aliphatic heterocycles. The van der Waals surface area contributed by atoms with Gasteiger partial charge in [0, 0.05) is 38.1 Å². The number of rotatable bonds is 9. The van der Waals surface area contributed by atoms with E-state index >= 15 is 0 Å². The van der Waals surface area contributed by atoms with Crippen LogP contribution >= 0.6 is 0 Å². The molecule has 0 spiro atoms. The highest BCUT2D eigenvalue weighted by atomic mass is 19.1. The van der Waals surface area contributed by atoms with E-state index in [-0.39, 0.29) is 11.8 Å². The topological polar surface area (TPSA) is 111 Å². The molecule has 11 heteroatoms. The summed E-state index contributed by atoms with van der Waals surface area (Å²) in [5.74, 6) is 1.08. The maximum absolute atomic E-state index is 14.0. The van der Waals surface area contributed by atoms with Crippen molar-refractivity contribution in [1.82, 2.24) is 34.4 Å². The first-order chi connectivity index (χ1) is 16.4. The van der Waals surface area contributed by atoms with E-state index in [0.717, 1.165) is 30.7 Å². The summed E-state index contributed by atoms with van der Waals surface area (Å²) >= 11 is 0. The number of aromatic nitrogens is 6. The molecule has 0 amide bonds. The molecule has 0 bridgehead atoms. The molecule has 0 atom stereocenters. The van der Waals surface area contributed by atoms with Gasteiger partial charge in [0.15, 0.2) is 17.0 Å². The van der Waals surface area contributed by atoms with Gasteiger partial charge in [-0.2, -0.15) is 9.97 Å². The molecule has 0 aliphatic rings. The molecule has 0 unspecified atom stereocenters. The molecule has 0 aliphatic carbocycles. The van der Waals surface area contributed by atoms with Gasteiger partial charge in [-0.05, 0) is 38.7 Å². The van der Waals surface area contributed by atoms with Gasteiger partial charge in [0.05, 0.1) is 19.3 Å². The Kier molecular flexibility index (Phi) is 6.82. The van der Waals surface area contributed by atoms with Gasteiger partial charge in [0.1, 0.15) is 17.5 Å². The normalized spacial score (nSPS) is 11.4. The average Bonchev–Trinajstić information content (AvgIpc) is 3.17. The van der Waals surface area contributed by atoms with E-state index < -0.39 is 5.82 Å². The first-order valence-corrected chi connectivity index (χ1v) is 10.9. The van der Waals surface area contributed by atoms with Crippen LogP contribution in [-0.2, 0) is 6.54 Å². The zero-order valence-electron chi connectivity index (χ0n) is 19.7. The quantitative estimate of drug-likeness (QED) is 0.398. The SMILES string of the molecule is CCOc1nc(N)c2nc(-c3cncc(F)c3)n(Cc3ccc(N(C)CCN(C)C)nc3)c2n1. The lowest BCUT2D eigenvalue weighted by molar-refractivity contribution is 0.314. The minimum absolute atomic E-state index is 0.161. The second-order valence-electron chi connectivity index (χ2n) is 8.16. The number of nitrogen functional groups attached to an aromatic ring is 1. The zero-order valence-corrected chi connectivity index (χ0v) is 19.7. The predicted octanol–water partition coefficient (Wildman–Crippen LogP) is 2.45. The van der Waals surface area contributed by atoms with Crippen molar-refractivity contribution in [2.45, 2.75) is 13.5 Å². The van der Waals surface area contributed by atoms with Crippen LogP contribution in [0.2, 0.25) is 0 Å². The summed E-state index contributed by atoms with van der Waals surface area (Å²) in [6.45, 7) is 4.41. The Morgan fingerprint density at radius 1 is 1.06 bits per heavy atom. The lowest BCUT2D eigenvalue weighted by Gasteiger charge is -2.20. The molecule has 0 saturated heterocycles. The van der Waals surface area contributed by atoms with E-state index in [4.69, 9.17) is 10.5 Å². The van der Waals surface area contributed by atoms with Crippen LogP contribution in [0.3, 0.4) is 0 Å². The standard InChI is InChI=1S/C23H28FN9O/c1-5-34-23-29-20(25)19-22(30-23)33(21(28-19)16-10-17(24)13-26-12-16)14-15-6-7-18(27-11-15)32(4)9-8-31(2)3/h6-7,10-13H,5,8-9,14H2,1-4H3,(H2,25,29,30). The van der Waals surface area contributed by atoms with Gasteiger partial charge in [-0.3, -0.25) is 4.98 Å². The smallest absolute Gasteiger partial charge is 0.320 e. The molecular weight excluding hydrogens is 437 g/mol. The highest BCUT2D eigenvalue weighted by Crippen LogP contribution is 2.28. The lowest BCUT2D eigenvalue weighted by Crippen LogP contribution is -2.28. The fourth-order valence-electron chi connectivity index (χ4n) is 3.48. The Hall–Kier alpha value is -3.86. The molecular formula is C23H28FN9O. The third kappa shape index (κ3) is 5.04. The first kappa shape index (κ1) is 23.3. The molecule has 10 nitrogen and oxygen atoms in total. The van der Waals surface area contributed by atoms with Gasteiger partial charge in [0.2, 0.25) is 0 Å². The van der Waals surface area contributed by atoms with Crippen molar-refractivity contribution in [3.8, 4) is 17.4 Å². The molecule has 0 aromatic carbocycles. The lowest BCUT2D eigenvalue weighted by atomic mass is 10.2. The summed E-state index contributed by atoms with van der Waals surface area (Å²) in [6.07, 6.45) is 4.51. The predicted molar refractivity (Wildman–Crippen MR) is 129 cm³/mol. The maximum Gasteiger partial charge on any atom is 0.320 e. The number of imidazole rings is 1. The molecule has 4 heterocycles. The van der Waals surface area contributed by atoms with Crippen molar-refractivity contribution in [2.24, 2.45) is 0 Å². The van der Waals surface area contributed by atoms with Crippen LogP contribution in [0.25, 0.3) is 22.6 Å². The second kappa shape index (κ2) is 9.96. The van der Waals surface area contributed by atoms with Crippen LogP contribution in [-0.4, -0.2) is 75.2 Å². The number of anilines is 2. The molecule has 0 fully saturated rings. The van der Waals surface area contributed by atoms with Crippen LogP contribution in [0.1, 0.15) is 12.5 Å². The molecule has 4 aromatic rings. The Morgan fingerprint density at radius 3 is 2.56 bits per heavy atom. The molecule has 178 valence electrons. The van der Waals surface area contributed by atoms with Gasteiger partial charge in [-0.15, -0.1) is 0 Å². The third-order valence-electron chi connectivity index (χ3n) is 5.26. The van der Waals surface area contributed by atoms with Gasteiger partial charge in [-0.25, -0.2) is 14.4 Å². The summed E-state index contributed by atoms with van der Waals surface area (Å²) in [6, 6.07) is 5.51. The summed E-state index contributed by atoms with van der Waals surface area (Å²) < 4.78 is 21.3. The van der Waals surface area contributed by atoms with Crippen molar-refractivity contribution in [1.29, 1.82) is 0 Å². The highest BCUT2D eigenvalue weighted by Gasteiger charge is 2.19. The number of likely N-dealkylation sites (N-methyl/N-ethyl adjacent to an activating group) is 2. The number of pyridine rings is 2. The Balaban J connectivity index is 1.73. The highest BCUT2D eigenvalue weighted by molar-refractivity contribution is 5.85. The summed E-state index contributed by atoms with van der Waals surface area (Å²) in [5, 5.41) is 0. The van der Waals surface area contributed by atoms with Crippen LogP contribution < -0.4 is 15.4 Å². The number of nitrogens with zero attached hydrogens (tertiary/aromatic N) is 8. The van der Waals surface area contributed by atoms with Crippen molar-refractivity contribution in [2.75, 3.05) is 51.5 Å². The molecule has 0 radical (unpaired) electrons. The average molecular weight is 466 g/mol. The van der Waals surface area contributed by atoms with Crippen LogP contribution in [0.5, 0.6) is 6.01 Å². The molecule has 4 aromatic heterocycles. The van der Waals surface area contributed by atoms with Gasteiger partial charge in [0.25, 0.3) is 0 Å². The number of hydrogen-bond acceptors (Lipinski definition) is 9. The van der Waals surface area contributed by atoms with Crippen LogP contribution in [0.4, 0.5) is 16.0 Å². The minimum atomic E-state index is -0.461. The van der Waals surface area contributed by atoms with Crippen molar-refractivity contribution < 1.29 is 9.13 Å². The fourth-order valence-corrected chi connectivity index (χ4v) is 3.48. The van der Waals surface area contributed by atoms with Gasteiger partial charge in [-0.1, -0.05) is 6.07 Å².